The van der Waals surface area contributed by atoms with Crippen molar-refractivity contribution in [1.29, 1.82) is 0 Å². The average molecular weight is 300 g/mol. The van der Waals surface area contributed by atoms with E-state index in [9.17, 15) is 0 Å². The summed E-state index contributed by atoms with van der Waals surface area (Å²) in [6, 6.07) is 0.499. The van der Waals surface area contributed by atoms with Crippen LogP contribution < -0.4 is 0 Å². The van der Waals surface area contributed by atoms with Crippen LogP contribution in [-0.4, -0.2) is 48.7 Å². The molecule has 2 aliphatic heterocycles. The van der Waals surface area contributed by atoms with Crippen molar-refractivity contribution in [2.24, 2.45) is 0 Å². The molecular formula is C13H18BrNO2. The molecule has 0 saturated carbocycles. The third-order valence-electron chi connectivity index (χ3n) is 3.90. The Morgan fingerprint density at radius 1 is 1.53 bits per heavy atom. The van der Waals surface area contributed by atoms with Gasteiger partial charge in [-0.3, -0.25) is 0 Å². The van der Waals surface area contributed by atoms with Crippen molar-refractivity contribution in [2.45, 2.75) is 29.8 Å². The lowest BCUT2D eigenvalue weighted by molar-refractivity contribution is -0.0249. The molecule has 3 aliphatic rings. The number of fused-ring (bicyclic) bond motifs is 2. The molecule has 4 heteroatoms. The van der Waals surface area contributed by atoms with Gasteiger partial charge in [0, 0.05) is 37.0 Å². The predicted molar refractivity (Wildman–Crippen MR) is 70.2 cm³/mol. The fourth-order valence-corrected chi connectivity index (χ4v) is 3.51. The molecule has 94 valence electrons. The molecule has 0 amide bonds. The third kappa shape index (κ3) is 2.07. The summed E-state index contributed by atoms with van der Waals surface area (Å²) in [6.45, 7) is 2.71. The quantitative estimate of drug-likeness (QED) is 0.692. The van der Waals surface area contributed by atoms with Crippen molar-refractivity contribution in [3.63, 3.8) is 0 Å². The van der Waals surface area contributed by atoms with Crippen LogP contribution >= 0.6 is 15.9 Å². The SMILES string of the molecule is COC1CC2COCCN2C2=C1C=C[C@H](Br)C2. The van der Waals surface area contributed by atoms with Gasteiger partial charge in [-0.1, -0.05) is 28.1 Å². The normalized spacial score (nSPS) is 36.8. The highest BCUT2D eigenvalue weighted by atomic mass is 79.9. The highest BCUT2D eigenvalue weighted by Gasteiger charge is 2.37. The standard InChI is InChI=1S/C13H18BrNO2/c1-16-13-7-10-8-17-5-4-15(10)12-6-9(14)2-3-11(12)13/h2-3,9-10,13H,4-8H2,1H3/t9-,10?,13?/m0/s1. The van der Waals surface area contributed by atoms with E-state index in [1.165, 1.54) is 11.3 Å². The predicted octanol–water partition coefficient (Wildman–Crippen LogP) is 2.08. The topological polar surface area (TPSA) is 21.7 Å². The second-order valence-electron chi connectivity index (χ2n) is 4.86. The zero-order chi connectivity index (χ0) is 11.8. The zero-order valence-electron chi connectivity index (χ0n) is 10.1. The Balaban J connectivity index is 1.95. The number of nitrogens with zero attached hydrogens (tertiary/aromatic N) is 1. The first kappa shape index (κ1) is 11.8. The number of rotatable bonds is 1. The van der Waals surface area contributed by atoms with Gasteiger partial charge in [0.25, 0.3) is 0 Å². The Bertz CT molecular complexity index is 366. The van der Waals surface area contributed by atoms with E-state index in [2.05, 4.69) is 33.0 Å². The minimum atomic E-state index is 0.240. The molecule has 3 atom stereocenters. The van der Waals surface area contributed by atoms with Crippen LogP contribution in [0.1, 0.15) is 12.8 Å². The monoisotopic (exact) mass is 299 g/mol. The van der Waals surface area contributed by atoms with E-state index in [4.69, 9.17) is 9.47 Å². The molecule has 0 bridgehead atoms. The molecule has 0 aromatic carbocycles. The minimum absolute atomic E-state index is 0.240. The van der Waals surface area contributed by atoms with Crippen molar-refractivity contribution in [2.75, 3.05) is 26.9 Å². The van der Waals surface area contributed by atoms with E-state index < -0.39 is 0 Å². The van der Waals surface area contributed by atoms with E-state index in [1.807, 2.05) is 7.11 Å². The number of ether oxygens (including phenoxy) is 2. The lowest BCUT2D eigenvalue weighted by atomic mass is 9.88. The van der Waals surface area contributed by atoms with Gasteiger partial charge in [-0.15, -0.1) is 0 Å². The molecule has 0 aromatic rings. The summed E-state index contributed by atoms with van der Waals surface area (Å²) in [5.74, 6) is 0. The summed E-state index contributed by atoms with van der Waals surface area (Å²) in [6.07, 6.45) is 6.82. The fourth-order valence-electron chi connectivity index (χ4n) is 3.05. The summed E-state index contributed by atoms with van der Waals surface area (Å²) < 4.78 is 11.2. The maximum atomic E-state index is 5.64. The summed E-state index contributed by atoms with van der Waals surface area (Å²) >= 11 is 3.69. The van der Waals surface area contributed by atoms with Gasteiger partial charge in [0.15, 0.2) is 0 Å². The molecule has 2 heterocycles. The van der Waals surface area contributed by atoms with Gasteiger partial charge in [0.1, 0.15) is 0 Å². The molecule has 2 unspecified atom stereocenters. The van der Waals surface area contributed by atoms with Crippen molar-refractivity contribution < 1.29 is 9.47 Å². The summed E-state index contributed by atoms with van der Waals surface area (Å²) in [4.78, 5) is 2.99. The minimum Gasteiger partial charge on any atom is -0.377 e. The molecule has 0 radical (unpaired) electrons. The van der Waals surface area contributed by atoms with Gasteiger partial charge in [-0.2, -0.15) is 0 Å². The number of hydrogen-bond donors (Lipinski definition) is 0. The van der Waals surface area contributed by atoms with Gasteiger partial charge in [-0.05, 0) is 5.57 Å². The number of hydrogen-bond acceptors (Lipinski definition) is 3. The van der Waals surface area contributed by atoms with Crippen molar-refractivity contribution in [1.82, 2.24) is 4.90 Å². The summed E-state index contributed by atoms with van der Waals surface area (Å²) in [5, 5.41) is 0. The maximum absolute atomic E-state index is 5.64. The Morgan fingerprint density at radius 2 is 2.41 bits per heavy atom. The van der Waals surface area contributed by atoms with E-state index >= 15 is 0 Å². The summed E-state index contributed by atoms with van der Waals surface area (Å²) in [7, 11) is 1.81. The molecule has 1 aliphatic carbocycles. The average Bonchev–Trinajstić information content (AvgIpc) is 2.37. The van der Waals surface area contributed by atoms with Crippen LogP contribution in [0, 0.1) is 0 Å². The molecule has 0 aromatic heterocycles. The Hall–Kier alpha value is -0.320. The highest BCUT2D eigenvalue weighted by molar-refractivity contribution is 9.09. The number of halogens is 1. The van der Waals surface area contributed by atoms with Crippen LogP contribution in [0.25, 0.3) is 0 Å². The van der Waals surface area contributed by atoms with E-state index in [0.717, 1.165) is 32.6 Å². The van der Waals surface area contributed by atoms with Crippen LogP contribution in [0.3, 0.4) is 0 Å². The first-order valence-corrected chi connectivity index (χ1v) is 7.13. The van der Waals surface area contributed by atoms with Gasteiger partial charge >= 0.3 is 0 Å². The van der Waals surface area contributed by atoms with Crippen LogP contribution in [0.2, 0.25) is 0 Å². The molecule has 0 spiro atoms. The van der Waals surface area contributed by atoms with Crippen LogP contribution in [0.15, 0.2) is 23.4 Å². The van der Waals surface area contributed by atoms with Gasteiger partial charge in [-0.25, -0.2) is 0 Å². The number of morpholine rings is 1. The first-order chi connectivity index (χ1) is 8.29. The number of allylic oxidation sites excluding steroid dienone is 2. The zero-order valence-corrected chi connectivity index (χ0v) is 11.6. The van der Waals surface area contributed by atoms with E-state index in [1.54, 1.807) is 0 Å². The van der Waals surface area contributed by atoms with Gasteiger partial charge in [0.05, 0.1) is 25.4 Å². The van der Waals surface area contributed by atoms with Gasteiger partial charge < -0.3 is 14.4 Å². The highest BCUT2D eigenvalue weighted by Crippen LogP contribution is 2.37. The Kier molecular flexibility index (Phi) is 3.28. The second kappa shape index (κ2) is 4.75. The van der Waals surface area contributed by atoms with Crippen molar-refractivity contribution in [3.8, 4) is 0 Å². The Labute approximate surface area is 111 Å². The largest absolute Gasteiger partial charge is 0.377 e. The molecular weight excluding hydrogens is 282 g/mol. The summed E-state index contributed by atoms with van der Waals surface area (Å²) in [5.41, 5.74) is 2.84. The molecule has 1 saturated heterocycles. The lowest BCUT2D eigenvalue weighted by Gasteiger charge is -2.46. The Morgan fingerprint density at radius 3 is 3.24 bits per heavy atom. The van der Waals surface area contributed by atoms with Crippen LogP contribution in [0.5, 0.6) is 0 Å². The molecule has 17 heavy (non-hydrogen) atoms. The molecule has 1 fully saturated rings. The second-order valence-corrected chi connectivity index (χ2v) is 6.04. The van der Waals surface area contributed by atoms with Crippen LogP contribution in [0.4, 0.5) is 0 Å². The third-order valence-corrected chi connectivity index (χ3v) is 4.53. The number of methoxy groups -OCH3 is 1. The molecule has 3 rings (SSSR count). The fraction of sp³-hybridized carbons (Fsp3) is 0.692. The van der Waals surface area contributed by atoms with Crippen LogP contribution in [-0.2, 0) is 9.47 Å². The molecule has 0 N–H and O–H groups in total. The molecule has 3 nitrogen and oxygen atoms in total. The van der Waals surface area contributed by atoms with Crippen molar-refractivity contribution >= 4 is 15.9 Å². The van der Waals surface area contributed by atoms with Gasteiger partial charge in [0.2, 0.25) is 0 Å². The maximum Gasteiger partial charge on any atom is 0.0858 e. The lowest BCUT2D eigenvalue weighted by Crippen LogP contribution is -2.51. The van der Waals surface area contributed by atoms with Crippen molar-refractivity contribution in [3.05, 3.63) is 23.4 Å². The smallest absolute Gasteiger partial charge is 0.0858 e. The number of alkyl halides is 1. The van der Waals surface area contributed by atoms with E-state index in [-0.39, 0.29) is 6.10 Å². The van der Waals surface area contributed by atoms with E-state index in [0.29, 0.717) is 10.9 Å². The first-order valence-electron chi connectivity index (χ1n) is 6.22.